The Morgan fingerprint density at radius 3 is 2.40 bits per heavy atom. The van der Waals surface area contributed by atoms with Gasteiger partial charge in [-0.05, 0) is 31.9 Å². The first-order valence-corrected chi connectivity index (χ1v) is 6.40. The first-order chi connectivity index (χ1) is 9.37. The quantitative estimate of drug-likeness (QED) is 0.639. The lowest BCUT2D eigenvalue weighted by Crippen LogP contribution is -2.46. The van der Waals surface area contributed by atoms with Crippen molar-refractivity contribution in [2.45, 2.75) is 25.4 Å². The Morgan fingerprint density at radius 1 is 1.35 bits per heavy atom. The standard InChI is InChI=1S/C13H17N3O4/c1-13(18)6-8-15(9-7-13)12(17)14-10-2-4-11(5-3-10)16(19)20/h2-5,18H,6-9H2,1H3,(H,14,17). The molecule has 2 rings (SSSR count). The number of anilines is 1. The molecule has 0 bridgehead atoms. The van der Waals surface area contributed by atoms with E-state index >= 15 is 0 Å². The summed E-state index contributed by atoms with van der Waals surface area (Å²) in [4.78, 5) is 23.7. The van der Waals surface area contributed by atoms with Crippen LogP contribution in [0, 0.1) is 10.1 Å². The van der Waals surface area contributed by atoms with Crippen molar-refractivity contribution in [2.24, 2.45) is 0 Å². The van der Waals surface area contributed by atoms with Crippen molar-refractivity contribution in [3.8, 4) is 0 Å². The predicted molar refractivity (Wildman–Crippen MR) is 73.5 cm³/mol. The SMILES string of the molecule is CC1(O)CCN(C(=O)Nc2ccc([N+](=O)[O-])cc2)CC1. The number of benzene rings is 1. The van der Waals surface area contributed by atoms with Crippen LogP contribution in [0.25, 0.3) is 0 Å². The zero-order valence-corrected chi connectivity index (χ0v) is 11.2. The summed E-state index contributed by atoms with van der Waals surface area (Å²) in [5, 5.41) is 23.0. The lowest BCUT2D eigenvalue weighted by Gasteiger charge is -2.35. The summed E-state index contributed by atoms with van der Waals surface area (Å²) in [5.74, 6) is 0. The predicted octanol–water partition coefficient (Wildman–Crippen LogP) is 1.97. The number of amides is 2. The van der Waals surface area contributed by atoms with Crippen molar-refractivity contribution >= 4 is 17.4 Å². The first kappa shape index (κ1) is 14.3. The van der Waals surface area contributed by atoms with E-state index in [-0.39, 0.29) is 11.7 Å². The number of nitrogens with zero attached hydrogens (tertiary/aromatic N) is 2. The third-order valence-corrected chi connectivity index (χ3v) is 3.46. The Balaban J connectivity index is 1.93. The molecule has 7 heteroatoms. The number of carbonyl (C=O) groups excluding carboxylic acids is 1. The first-order valence-electron chi connectivity index (χ1n) is 6.40. The molecule has 1 saturated heterocycles. The minimum Gasteiger partial charge on any atom is -0.390 e. The number of rotatable bonds is 2. The number of nitro groups is 1. The highest BCUT2D eigenvalue weighted by molar-refractivity contribution is 5.89. The van der Waals surface area contributed by atoms with Crippen molar-refractivity contribution in [1.29, 1.82) is 0 Å². The molecule has 0 spiro atoms. The maximum absolute atomic E-state index is 12.0. The number of nitrogens with one attached hydrogen (secondary N) is 1. The van der Waals surface area contributed by atoms with Gasteiger partial charge in [-0.15, -0.1) is 0 Å². The number of likely N-dealkylation sites (tertiary alicyclic amines) is 1. The van der Waals surface area contributed by atoms with Crippen LogP contribution in [0.2, 0.25) is 0 Å². The lowest BCUT2D eigenvalue weighted by atomic mass is 9.94. The van der Waals surface area contributed by atoms with Gasteiger partial charge in [-0.25, -0.2) is 4.79 Å². The van der Waals surface area contributed by atoms with E-state index in [1.165, 1.54) is 24.3 Å². The average molecular weight is 279 g/mol. The van der Waals surface area contributed by atoms with Crippen LogP contribution in [-0.2, 0) is 0 Å². The number of non-ortho nitro benzene ring substituents is 1. The van der Waals surface area contributed by atoms with Crippen LogP contribution in [0.3, 0.4) is 0 Å². The van der Waals surface area contributed by atoms with Crippen LogP contribution < -0.4 is 5.32 Å². The topological polar surface area (TPSA) is 95.7 Å². The summed E-state index contributed by atoms with van der Waals surface area (Å²) >= 11 is 0. The number of hydrogen-bond acceptors (Lipinski definition) is 4. The van der Waals surface area contributed by atoms with Crippen LogP contribution in [0.5, 0.6) is 0 Å². The maximum Gasteiger partial charge on any atom is 0.321 e. The second-order valence-corrected chi connectivity index (χ2v) is 5.22. The van der Waals surface area contributed by atoms with Gasteiger partial charge in [0.2, 0.25) is 0 Å². The van der Waals surface area contributed by atoms with Crippen molar-refractivity contribution in [3.05, 3.63) is 34.4 Å². The van der Waals surface area contributed by atoms with E-state index in [0.717, 1.165) is 0 Å². The lowest BCUT2D eigenvalue weighted by molar-refractivity contribution is -0.384. The van der Waals surface area contributed by atoms with Crippen LogP contribution >= 0.6 is 0 Å². The van der Waals surface area contributed by atoms with E-state index in [1.807, 2.05) is 0 Å². The van der Waals surface area contributed by atoms with Gasteiger partial charge in [-0.1, -0.05) is 0 Å². The van der Waals surface area contributed by atoms with Crippen LogP contribution in [0.4, 0.5) is 16.2 Å². The van der Waals surface area contributed by atoms with Crippen LogP contribution in [0.1, 0.15) is 19.8 Å². The molecule has 1 fully saturated rings. The number of piperidine rings is 1. The third-order valence-electron chi connectivity index (χ3n) is 3.46. The monoisotopic (exact) mass is 279 g/mol. The van der Waals surface area contributed by atoms with Gasteiger partial charge in [0.05, 0.1) is 10.5 Å². The highest BCUT2D eigenvalue weighted by Crippen LogP contribution is 2.22. The van der Waals surface area contributed by atoms with Crippen LogP contribution in [-0.4, -0.2) is 39.7 Å². The number of nitro benzene ring substituents is 1. The number of carbonyl (C=O) groups is 1. The smallest absolute Gasteiger partial charge is 0.321 e. The molecule has 0 radical (unpaired) electrons. The molecule has 0 unspecified atom stereocenters. The van der Waals surface area contributed by atoms with E-state index in [1.54, 1.807) is 11.8 Å². The second kappa shape index (κ2) is 5.46. The van der Waals surface area contributed by atoms with Gasteiger partial charge in [0.15, 0.2) is 0 Å². The van der Waals surface area contributed by atoms with Gasteiger partial charge in [-0.2, -0.15) is 0 Å². The summed E-state index contributed by atoms with van der Waals surface area (Å²) in [7, 11) is 0. The number of urea groups is 1. The molecule has 0 saturated carbocycles. The summed E-state index contributed by atoms with van der Waals surface area (Å²) in [5.41, 5.74) is -0.209. The third kappa shape index (κ3) is 3.45. The van der Waals surface area contributed by atoms with Crippen LogP contribution in [0.15, 0.2) is 24.3 Å². The maximum atomic E-state index is 12.0. The summed E-state index contributed by atoms with van der Waals surface area (Å²) in [6.07, 6.45) is 1.08. The Bertz CT molecular complexity index is 503. The van der Waals surface area contributed by atoms with E-state index in [0.29, 0.717) is 31.6 Å². The van der Waals surface area contributed by atoms with Crippen molar-refractivity contribution in [2.75, 3.05) is 18.4 Å². The highest BCUT2D eigenvalue weighted by Gasteiger charge is 2.29. The van der Waals surface area contributed by atoms with E-state index in [9.17, 15) is 20.0 Å². The molecule has 0 aliphatic carbocycles. The number of aliphatic hydroxyl groups is 1. The molecule has 0 aromatic heterocycles. The summed E-state index contributed by atoms with van der Waals surface area (Å²) in [6, 6.07) is 5.42. The van der Waals surface area contributed by atoms with E-state index in [4.69, 9.17) is 0 Å². The summed E-state index contributed by atoms with van der Waals surface area (Å²) in [6.45, 7) is 2.75. The van der Waals surface area contributed by atoms with Crippen molar-refractivity contribution < 1.29 is 14.8 Å². The molecule has 7 nitrogen and oxygen atoms in total. The fourth-order valence-corrected chi connectivity index (χ4v) is 2.06. The zero-order chi connectivity index (χ0) is 14.8. The fraction of sp³-hybridized carbons (Fsp3) is 0.462. The largest absolute Gasteiger partial charge is 0.390 e. The molecule has 1 aromatic carbocycles. The molecule has 0 atom stereocenters. The Kier molecular flexibility index (Phi) is 3.89. The molecular formula is C13H17N3O4. The second-order valence-electron chi connectivity index (χ2n) is 5.22. The molecule has 108 valence electrons. The van der Waals surface area contributed by atoms with E-state index in [2.05, 4.69) is 5.32 Å². The van der Waals surface area contributed by atoms with Gasteiger partial charge >= 0.3 is 6.03 Å². The minimum absolute atomic E-state index is 0.0166. The molecule has 20 heavy (non-hydrogen) atoms. The van der Waals surface area contributed by atoms with E-state index < -0.39 is 10.5 Å². The van der Waals surface area contributed by atoms with Gasteiger partial charge in [0, 0.05) is 30.9 Å². The van der Waals surface area contributed by atoms with Crippen molar-refractivity contribution in [3.63, 3.8) is 0 Å². The molecule has 2 N–H and O–H groups in total. The van der Waals surface area contributed by atoms with Crippen molar-refractivity contribution in [1.82, 2.24) is 4.90 Å². The fourth-order valence-electron chi connectivity index (χ4n) is 2.06. The Hall–Kier alpha value is -2.15. The Labute approximate surface area is 116 Å². The zero-order valence-electron chi connectivity index (χ0n) is 11.2. The molecule has 1 heterocycles. The molecular weight excluding hydrogens is 262 g/mol. The molecule has 1 aliphatic rings. The molecule has 2 amide bonds. The molecule has 1 aromatic rings. The Morgan fingerprint density at radius 2 is 1.90 bits per heavy atom. The van der Waals surface area contributed by atoms with Gasteiger partial charge in [0.1, 0.15) is 0 Å². The molecule has 1 aliphatic heterocycles. The van der Waals surface area contributed by atoms with Gasteiger partial charge < -0.3 is 15.3 Å². The average Bonchev–Trinajstić information content (AvgIpc) is 2.39. The van der Waals surface area contributed by atoms with Gasteiger partial charge in [-0.3, -0.25) is 10.1 Å². The van der Waals surface area contributed by atoms with Gasteiger partial charge in [0.25, 0.3) is 5.69 Å². The normalized spacial score (nSPS) is 17.6. The highest BCUT2D eigenvalue weighted by atomic mass is 16.6. The minimum atomic E-state index is -0.704. The number of hydrogen-bond donors (Lipinski definition) is 2. The summed E-state index contributed by atoms with van der Waals surface area (Å²) < 4.78 is 0.